The van der Waals surface area contributed by atoms with Crippen molar-refractivity contribution in [2.24, 2.45) is 5.41 Å². The van der Waals surface area contributed by atoms with Gasteiger partial charge in [-0.1, -0.05) is 30.4 Å². The van der Waals surface area contributed by atoms with Crippen molar-refractivity contribution in [1.29, 1.82) is 0 Å². The summed E-state index contributed by atoms with van der Waals surface area (Å²) in [5.74, 6) is -0.748. The second kappa shape index (κ2) is 1.84. The Morgan fingerprint density at radius 2 is 2.23 bits per heavy atom. The van der Waals surface area contributed by atoms with Crippen LogP contribution in [0.15, 0.2) is 47.1 Å². The minimum Gasteiger partial charge on any atom is -0.480 e. The molecule has 1 unspecified atom stereocenters. The Hall–Kier alpha value is -1.57. The molecule has 0 spiro atoms. The molecule has 0 radical (unpaired) electrons. The monoisotopic (exact) mass is 172 g/mol. The van der Waals surface area contributed by atoms with Gasteiger partial charge in [0.1, 0.15) is 5.41 Å². The Labute approximate surface area is 75.6 Å². The zero-order valence-corrected chi connectivity index (χ0v) is 6.95. The van der Waals surface area contributed by atoms with Gasteiger partial charge < -0.3 is 5.11 Å². The van der Waals surface area contributed by atoms with Crippen LogP contribution >= 0.6 is 0 Å². The largest absolute Gasteiger partial charge is 0.480 e. The van der Waals surface area contributed by atoms with Crippen LogP contribution in [0.1, 0.15) is 6.42 Å². The van der Waals surface area contributed by atoms with Crippen molar-refractivity contribution in [3.63, 3.8) is 0 Å². The molecule has 2 bridgehead atoms. The van der Waals surface area contributed by atoms with E-state index in [0.717, 1.165) is 17.6 Å². The molecule has 2 nitrogen and oxygen atoms in total. The molecule has 3 aliphatic carbocycles. The molecule has 0 heterocycles. The molecule has 0 saturated heterocycles. The summed E-state index contributed by atoms with van der Waals surface area (Å²) < 4.78 is 0. The van der Waals surface area contributed by atoms with Crippen molar-refractivity contribution < 1.29 is 9.90 Å². The number of hydrogen-bond acceptors (Lipinski definition) is 1. The first-order valence-electron chi connectivity index (χ1n) is 4.29. The molecule has 1 atom stereocenters. The van der Waals surface area contributed by atoms with Crippen molar-refractivity contribution in [1.82, 2.24) is 0 Å². The quantitative estimate of drug-likeness (QED) is 0.655. The van der Waals surface area contributed by atoms with E-state index in [0.29, 0.717) is 0 Å². The minimum absolute atomic E-state index is 0.748. The van der Waals surface area contributed by atoms with Crippen LogP contribution < -0.4 is 0 Å². The smallest absolute Gasteiger partial charge is 0.322 e. The number of carboxylic acids is 1. The number of hydrogen-bond donors (Lipinski definition) is 1. The van der Waals surface area contributed by atoms with Gasteiger partial charge in [0.2, 0.25) is 0 Å². The highest BCUT2D eigenvalue weighted by Gasteiger charge is 2.52. The molecular weight excluding hydrogens is 164 g/mol. The Morgan fingerprint density at radius 3 is 2.92 bits per heavy atom. The number of carbonyl (C=O) groups is 1. The molecule has 13 heavy (non-hydrogen) atoms. The SMILES string of the molecule is O=C(O)C12C=CC=C1C1=CC=C2C1. The lowest BCUT2D eigenvalue weighted by molar-refractivity contribution is -0.142. The predicted molar refractivity (Wildman–Crippen MR) is 48.1 cm³/mol. The van der Waals surface area contributed by atoms with Gasteiger partial charge in [0.15, 0.2) is 0 Å². The number of fused-ring (bicyclic) bond motifs is 5. The van der Waals surface area contributed by atoms with Gasteiger partial charge in [0.25, 0.3) is 0 Å². The number of allylic oxidation sites excluding steroid dienone is 5. The summed E-state index contributed by atoms with van der Waals surface area (Å²) in [6.45, 7) is 0. The third-order valence-electron chi connectivity index (χ3n) is 3.09. The highest BCUT2D eigenvalue weighted by atomic mass is 16.4. The van der Waals surface area contributed by atoms with Gasteiger partial charge in [-0.15, -0.1) is 0 Å². The van der Waals surface area contributed by atoms with E-state index in [1.165, 1.54) is 5.57 Å². The summed E-state index contributed by atoms with van der Waals surface area (Å²) in [7, 11) is 0. The maximum Gasteiger partial charge on any atom is 0.322 e. The maximum absolute atomic E-state index is 11.2. The van der Waals surface area contributed by atoms with Crippen LogP contribution in [-0.2, 0) is 4.79 Å². The Balaban J connectivity index is 2.29. The first-order valence-corrected chi connectivity index (χ1v) is 4.29. The lowest BCUT2D eigenvalue weighted by Crippen LogP contribution is -2.28. The average molecular weight is 172 g/mol. The van der Waals surface area contributed by atoms with Crippen LogP contribution in [0.25, 0.3) is 0 Å². The minimum atomic E-state index is -0.788. The van der Waals surface area contributed by atoms with Crippen molar-refractivity contribution in [2.45, 2.75) is 6.42 Å². The predicted octanol–water partition coefficient (Wildman–Crippen LogP) is 1.82. The Bertz CT molecular complexity index is 435. The average Bonchev–Trinajstić information content (AvgIpc) is 2.76. The molecule has 1 saturated carbocycles. The van der Waals surface area contributed by atoms with E-state index in [2.05, 4.69) is 0 Å². The van der Waals surface area contributed by atoms with Crippen molar-refractivity contribution in [3.05, 3.63) is 47.1 Å². The fraction of sp³-hybridized carbons (Fsp3) is 0.182. The highest BCUT2D eigenvalue weighted by molar-refractivity contribution is 5.92. The molecule has 0 aliphatic heterocycles. The molecule has 0 amide bonds. The van der Waals surface area contributed by atoms with Crippen LogP contribution in [-0.4, -0.2) is 11.1 Å². The first kappa shape index (κ1) is 6.89. The van der Waals surface area contributed by atoms with E-state index in [-0.39, 0.29) is 0 Å². The van der Waals surface area contributed by atoms with E-state index in [4.69, 9.17) is 0 Å². The van der Waals surface area contributed by atoms with Gasteiger partial charge in [-0.2, -0.15) is 0 Å². The molecular formula is C11H8O2. The highest BCUT2D eigenvalue weighted by Crippen LogP contribution is 2.56. The van der Waals surface area contributed by atoms with Gasteiger partial charge in [0.05, 0.1) is 0 Å². The van der Waals surface area contributed by atoms with Crippen molar-refractivity contribution in [2.75, 3.05) is 0 Å². The van der Waals surface area contributed by atoms with Crippen LogP contribution in [0.5, 0.6) is 0 Å². The summed E-state index contributed by atoms with van der Waals surface area (Å²) in [6, 6.07) is 0. The number of aliphatic carboxylic acids is 1. The summed E-state index contributed by atoms with van der Waals surface area (Å²) in [5, 5.41) is 9.24. The fourth-order valence-electron chi connectivity index (χ4n) is 2.45. The Morgan fingerprint density at radius 1 is 1.38 bits per heavy atom. The topological polar surface area (TPSA) is 37.3 Å². The number of carboxylic acid groups (broad SMARTS) is 1. The van der Waals surface area contributed by atoms with Crippen molar-refractivity contribution >= 4 is 5.97 Å². The van der Waals surface area contributed by atoms with E-state index < -0.39 is 11.4 Å². The van der Waals surface area contributed by atoms with Crippen LogP contribution in [0.3, 0.4) is 0 Å². The lowest BCUT2D eigenvalue weighted by Gasteiger charge is -2.22. The van der Waals surface area contributed by atoms with E-state index >= 15 is 0 Å². The molecule has 3 aliphatic rings. The maximum atomic E-state index is 11.2. The molecule has 3 rings (SSSR count). The third kappa shape index (κ3) is 0.558. The standard InChI is InChI=1S/C11H8O2/c12-10(13)11-5-1-2-9(11)7-3-4-8(11)6-7/h1-5H,6H2,(H,12,13). The zero-order valence-electron chi connectivity index (χ0n) is 6.95. The molecule has 1 fully saturated rings. The Kier molecular flexibility index (Phi) is 0.978. The second-order valence-corrected chi connectivity index (χ2v) is 3.61. The van der Waals surface area contributed by atoms with Crippen LogP contribution in [0, 0.1) is 5.41 Å². The van der Waals surface area contributed by atoms with Crippen molar-refractivity contribution in [3.8, 4) is 0 Å². The third-order valence-corrected chi connectivity index (χ3v) is 3.09. The summed E-state index contributed by atoms with van der Waals surface area (Å²) in [6.07, 6.45) is 10.3. The van der Waals surface area contributed by atoms with E-state index in [1.54, 1.807) is 6.08 Å². The molecule has 0 aromatic heterocycles. The summed E-state index contributed by atoms with van der Waals surface area (Å²) in [4.78, 5) is 11.2. The first-order chi connectivity index (χ1) is 6.25. The van der Waals surface area contributed by atoms with Gasteiger partial charge in [-0.25, -0.2) is 0 Å². The van der Waals surface area contributed by atoms with Gasteiger partial charge >= 0.3 is 5.97 Å². The lowest BCUT2D eigenvalue weighted by atomic mass is 9.79. The molecule has 0 aromatic carbocycles. The molecule has 64 valence electrons. The van der Waals surface area contributed by atoms with Crippen LogP contribution in [0.2, 0.25) is 0 Å². The van der Waals surface area contributed by atoms with Gasteiger partial charge in [0, 0.05) is 0 Å². The van der Waals surface area contributed by atoms with E-state index in [1.807, 2.05) is 24.3 Å². The normalized spacial score (nSPS) is 32.8. The molecule has 0 aromatic rings. The van der Waals surface area contributed by atoms with Crippen LogP contribution in [0.4, 0.5) is 0 Å². The second-order valence-electron chi connectivity index (χ2n) is 3.61. The van der Waals surface area contributed by atoms with Gasteiger partial charge in [-0.3, -0.25) is 4.79 Å². The van der Waals surface area contributed by atoms with Gasteiger partial charge in [-0.05, 0) is 23.1 Å². The fourth-order valence-corrected chi connectivity index (χ4v) is 2.45. The molecule has 1 N–H and O–H groups in total. The molecule has 2 heteroatoms. The zero-order chi connectivity index (χ0) is 9.05. The summed E-state index contributed by atoms with van der Waals surface area (Å²) in [5.41, 5.74) is 2.36. The number of rotatable bonds is 1. The van der Waals surface area contributed by atoms with E-state index in [9.17, 15) is 9.90 Å². The summed E-state index contributed by atoms with van der Waals surface area (Å²) >= 11 is 0.